The molecule has 5 nitrogen and oxygen atoms in total. The lowest BCUT2D eigenvalue weighted by Gasteiger charge is -2.31. The number of benzene rings is 1. The first-order chi connectivity index (χ1) is 10.9. The summed E-state index contributed by atoms with van der Waals surface area (Å²) in [6, 6.07) is 9.90. The van der Waals surface area contributed by atoms with Crippen molar-refractivity contribution in [3.05, 3.63) is 35.9 Å². The molecule has 0 saturated carbocycles. The number of rotatable bonds is 6. The summed E-state index contributed by atoms with van der Waals surface area (Å²) in [5.41, 5.74) is 1.04. The van der Waals surface area contributed by atoms with Crippen LogP contribution in [0, 0.1) is 0 Å². The number of piperidine rings is 1. The predicted octanol–water partition coefficient (Wildman–Crippen LogP) is 2.11. The van der Waals surface area contributed by atoms with Gasteiger partial charge in [-0.1, -0.05) is 43.7 Å². The fraction of sp³-hybridized carbons (Fsp3) is 0.588. The number of sulfonamides is 1. The number of amides is 1. The molecule has 2 rings (SSSR count). The van der Waals surface area contributed by atoms with E-state index in [9.17, 15) is 13.2 Å². The molecule has 6 heteroatoms. The Morgan fingerprint density at radius 2 is 1.87 bits per heavy atom. The lowest BCUT2D eigenvalue weighted by molar-refractivity contribution is -0.123. The van der Waals surface area contributed by atoms with Gasteiger partial charge in [-0.05, 0) is 24.8 Å². The van der Waals surface area contributed by atoms with Crippen molar-refractivity contribution >= 4 is 15.9 Å². The Hall–Kier alpha value is -1.40. The van der Waals surface area contributed by atoms with Crippen LogP contribution in [0.3, 0.4) is 0 Å². The minimum Gasteiger partial charge on any atom is -0.353 e. The molecular formula is C17H26N2O3S. The third-order valence-corrected chi connectivity index (χ3v) is 5.67. The molecule has 23 heavy (non-hydrogen) atoms. The second-order valence-electron chi connectivity index (χ2n) is 6.20. The van der Waals surface area contributed by atoms with Crippen LogP contribution < -0.4 is 5.32 Å². The first kappa shape index (κ1) is 17.9. The topological polar surface area (TPSA) is 66.5 Å². The molecule has 1 saturated heterocycles. The van der Waals surface area contributed by atoms with E-state index in [1.165, 1.54) is 10.6 Å². The van der Waals surface area contributed by atoms with Crippen LogP contribution in [0.25, 0.3) is 0 Å². The fourth-order valence-corrected chi connectivity index (χ4v) is 3.93. The number of nitrogens with one attached hydrogen (secondary N) is 1. The minimum absolute atomic E-state index is 0.0517. The molecule has 1 aliphatic heterocycles. The number of carbonyl (C=O) groups excluding carboxylic acids is 1. The molecule has 0 unspecified atom stereocenters. The van der Waals surface area contributed by atoms with Crippen LogP contribution in [0.5, 0.6) is 0 Å². The van der Waals surface area contributed by atoms with E-state index < -0.39 is 10.0 Å². The van der Waals surface area contributed by atoms with Crippen molar-refractivity contribution < 1.29 is 13.2 Å². The van der Waals surface area contributed by atoms with Crippen molar-refractivity contribution in [2.45, 2.75) is 44.6 Å². The van der Waals surface area contributed by atoms with Gasteiger partial charge in [-0.15, -0.1) is 0 Å². The second-order valence-corrected chi connectivity index (χ2v) is 8.18. The Bertz CT molecular complexity index is 608. The van der Waals surface area contributed by atoms with Crippen LogP contribution in [0.4, 0.5) is 0 Å². The summed E-state index contributed by atoms with van der Waals surface area (Å²) in [5.74, 6) is -0.0787. The molecule has 1 aromatic rings. The molecule has 0 spiro atoms. The van der Waals surface area contributed by atoms with Crippen LogP contribution in [0.1, 0.15) is 44.1 Å². The summed E-state index contributed by atoms with van der Waals surface area (Å²) >= 11 is 0. The average Bonchev–Trinajstić information content (AvgIpc) is 2.53. The summed E-state index contributed by atoms with van der Waals surface area (Å²) in [6.07, 6.45) is 4.34. The molecule has 1 aliphatic rings. The molecule has 1 atom stereocenters. The zero-order chi connectivity index (χ0) is 16.9. The maximum Gasteiger partial charge on any atom is 0.227 e. The largest absolute Gasteiger partial charge is 0.353 e. The van der Waals surface area contributed by atoms with Crippen molar-refractivity contribution in [3.8, 4) is 0 Å². The highest BCUT2D eigenvalue weighted by Crippen LogP contribution is 2.22. The summed E-state index contributed by atoms with van der Waals surface area (Å²) in [4.78, 5) is 12.6. The van der Waals surface area contributed by atoms with Gasteiger partial charge in [0.1, 0.15) is 0 Å². The molecule has 1 aromatic carbocycles. The van der Waals surface area contributed by atoms with Gasteiger partial charge >= 0.3 is 0 Å². The van der Waals surface area contributed by atoms with Gasteiger partial charge in [-0.2, -0.15) is 0 Å². The lowest BCUT2D eigenvalue weighted by atomic mass is 9.93. The zero-order valence-electron chi connectivity index (χ0n) is 13.9. The van der Waals surface area contributed by atoms with Gasteiger partial charge in [-0.3, -0.25) is 4.79 Å². The van der Waals surface area contributed by atoms with E-state index >= 15 is 0 Å². The molecule has 1 amide bonds. The highest BCUT2D eigenvalue weighted by Gasteiger charge is 2.28. The van der Waals surface area contributed by atoms with E-state index in [0.29, 0.717) is 25.9 Å². The van der Waals surface area contributed by atoms with Crippen LogP contribution in [-0.2, 0) is 14.8 Å². The van der Waals surface area contributed by atoms with Crippen molar-refractivity contribution in [2.24, 2.45) is 0 Å². The molecule has 128 valence electrons. The van der Waals surface area contributed by atoms with Crippen molar-refractivity contribution in [1.82, 2.24) is 9.62 Å². The van der Waals surface area contributed by atoms with Crippen molar-refractivity contribution in [3.63, 3.8) is 0 Å². The Balaban J connectivity index is 1.95. The Labute approximate surface area is 139 Å². The number of carbonyl (C=O) groups is 1. The van der Waals surface area contributed by atoms with Crippen LogP contribution in [0.15, 0.2) is 30.3 Å². The zero-order valence-corrected chi connectivity index (χ0v) is 14.7. The standard InChI is InChI=1S/C17H26N2O3S/c1-3-7-16(14-8-5-4-6-9-14)17(20)18-15-10-12-19(13-11-15)23(2,21)22/h4-6,8-9,15-16H,3,7,10-13H2,1-2H3,(H,18,20)/t16-/m1/s1. The number of nitrogens with zero attached hydrogens (tertiary/aromatic N) is 1. The van der Waals surface area contributed by atoms with Crippen LogP contribution in [0.2, 0.25) is 0 Å². The third kappa shape index (κ3) is 5.04. The molecule has 1 fully saturated rings. The maximum absolute atomic E-state index is 12.6. The van der Waals surface area contributed by atoms with Gasteiger partial charge in [0.2, 0.25) is 15.9 Å². The quantitative estimate of drug-likeness (QED) is 0.864. The highest BCUT2D eigenvalue weighted by atomic mass is 32.2. The molecule has 1 N–H and O–H groups in total. The predicted molar refractivity (Wildman–Crippen MR) is 91.7 cm³/mol. The van der Waals surface area contributed by atoms with Crippen molar-refractivity contribution in [1.29, 1.82) is 0 Å². The minimum atomic E-state index is -3.13. The van der Waals surface area contributed by atoms with Gasteiger partial charge < -0.3 is 5.32 Å². The summed E-state index contributed by atoms with van der Waals surface area (Å²) < 4.78 is 24.5. The third-order valence-electron chi connectivity index (χ3n) is 4.37. The van der Waals surface area contributed by atoms with E-state index in [4.69, 9.17) is 0 Å². The van der Waals surface area contributed by atoms with Gasteiger partial charge in [0, 0.05) is 19.1 Å². The normalized spacial score (nSPS) is 18.5. The number of hydrogen-bond donors (Lipinski definition) is 1. The summed E-state index contributed by atoms with van der Waals surface area (Å²) in [5, 5.41) is 3.11. The Kier molecular flexibility index (Phi) is 6.18. The molecule has 0 radical (unpaired) electrons. The first-order valence-electron chi connectivity index (χ1n) is 8.22. The highest BCUT2D eigenvalue weighted by molar-refractivity contribution is 7.88. The van der Waals surface area contributed by atoms with Gasteiger partial charge in [0.25, 0.3) is 0 Å². The van der Waals surface area contributed by atoms with Gasteiger partial charge in [0.05, 0.1) is 12.2 Å². The first-order valence-corrected chi connectivity index (χ1v) is 10.1. The van der Waals surface area contributed by atoms with Crippen molar-refractivity contribution in [2.75, 3.05) is 19.3 Å². The summed E-state index contributed by atoms with van der Waals surface area (Å²) in [7, 11) is -3.13. The SMILES string of the molecule is CCC[C@@H](C(=O)NC1CCN(S(C)(=O)=O)CC1)c1ccccc1. The Morgan fingerprint density at radius 1 is 1.26 bits per heavy atom. The van der Waals surface area contributed by atoms with E-state index in [1.807, 2.05) is 30.3 Å². The fourth-order valence-electron chi connectivity index (χ4n) is 3.06. The average molecular weight is 338 g/mol. The molecule has 1 heterocycles. The second kappa shape index (κ2) is 7.93. The van der Waals surface area contributed by atoms with Crippen LogP contribution in [-0.4, -0.2) is 44.0 Å². The smallest absolute Gasteiger partial charge is 0.227 e. The van der Waals surface area contributed by atoms with E-state index in [-0.39, 0.29) is 17.9 Å². The van der Waals surface area contributed by atoms with E-state index in [0.717, 1.165) is 18.4 Å². The molecule has 0 aromatic heterocycles. The van der Waals surface area contributed by atoms with E-state index in [1.54, 1.807) is 0 Å². The van der Waals surface area contributed by atoms with Crippen LogP contribution >= 0.6 is 0 Å². The van der Waals surface area contributed by atoms with Gasteiger partial charge in [0.15, 0.2) is 0 Å². The molecule has 0 aliphatic carbocycles. The maximum atomic E-state index is 12.6. The lowest BCUT2D eigenvalue weighted by Crippen LogP contribution is -2.47. The number of hydrogen-bond acceptors (Lipinski definition) is 3. The monoisotopic (exact) mass is 338 g/mol. The van der Waals surface area contributed by atoms with E-state index in [2.05, 4.69) is 12.2 Å². The molecule has 0 bridgehead atoms. The van der Waals surface area contributed by atoms with Gasteiger partial charge in [-0.25, -0.2) is 12.7 Å². The molecular weight excluding hydrogens is 312 g/mol. The summed E-state index contributed by atoms with van der Waals surface area (Å²) in [6.45, 7) is 3.04. The Morgan fingerprint density at radius 3 is 2.39 bits per heavy atom.